The Balaban J connectivity index is 1.64. The molecule has 0 radical (unpaired) electrons. The SMILES string of the molecule is FC1CCC1NCCn1cncn1. The molecule has 4 nitrogen and oxygen atoms in total. The minimum atomic E-state index is -0.643. The maximum atomic E-state index is 12.8. The monoisotopic (exact) mass is 184 g/mol. The second kappa shape index (κ2) is 3.83. The molecule has 72 valence electrons. The van der Waals surface area contributed by atoms with Crippen molar-refractivity contribution in [2.45, 2.75) is 31.6 Å². The maximum Gasteiger partial charge on any atom is 0.137 e. The fraction of sp³-hybridized carbons (Fsp3) is 0.750. The maximum absolute atomic E-state index is 12.8. The second-order valence-electron chi connectivity index (χ2n) is 3.31. The number of hydrogen-bond acceptors (Lipinski definition) is 3. The van der Waals surface area contributed by atoms with E-state index in [-0.39, 0.29) is 6.04 Å². The van der Waals surface area contributed by atoms with E-state index in [0.717, 1.165) is 19.5 Å². The van der Waals surface area contributed by atoms with Crippen LogP contribution in [0.5, 0.6) is 0 Å². The smallest absolute Gasteiger partial charge is 0.137 e. The molecule has 2 atom stereocenters. The highest BCUT2D eigenvalue weighted by Gasteiger charge is 2.29. The summed E-state index contributed by atoms with van der Waals surface area (Å²) in [6.45, 7) is 1.51. The first-order valence-electron chi connectivity index (χ1n) is 4.56. The second-order valence-corrected chi connectivity index (χ2v) is 3.31. The van der Waals surface area contributed by atoms with E-state index in [1.165, 1.54) is 6.33 Å². The normalized spacial score (nSPS) is 27.2. The molecule has 0 amide bonds. The van der Waals surface area contributed by atoms with E-state index in [2.05, 4.69) is 15.4 Å². The van der Waals surface area contributed by atoms with Gasteiger partial charge in [-0.3, -0.25) is 4.68 Å². The van der Waals surface area contributed by atoms with Gasteiger partial charge in [-0.05, 0) is 12.8 Å². The van der Waals surface area contributed by atoms with Crippen LogP contribution in [0.4, 0.5) is 4.39 Å². The van der Waals surface area contributed by atoms with Crippen molar-refractivity contribution < 1.29 is 4.39 Å². The molecule has 1 aliphatic carbocycles. The van der Waals surface area contributed by atoms with Gasteiger partial charge in [0.1, 0.15) is 18.8 Å². The van der Waals surface area contributed by atoms with Crippen LogP contribution in [0.2, 0.25) is 0 Å². The van der Waals surface area contributed by atoms with E-state index in [0.29, 0.717) is 6.42 Å². The van der Waals surface area contributed by atoms with Crippen LogP contribution in [0.15, 0.2) is 12.7 Å². The average Bonchev–Trinajstić information content (AvgIpc) is 2.62. The number of nitrogens with one attached hydrogen (secondary N) is 1. The van der Waals surface area contributed by atoms with Crippen molar-refractivity contribution >= 4 is 0 Å². The summed E-state index contributed by atoms with van der Waals surface area (Å²) < 4.78 is 14.5. The van der Waals surface area contributed by atoms with Gasteiger partial charge in [0.25, 0.3) is 0 Å². The lowest BCUT2D eigenvalue weighted by Crippen LogP contribution is -2.46. The molecule has 0 aliphatic heterocycles. The van der Waals surface area contributed by atoms with Gasteiger partial charge in [-0.2, -0.15) is 5.10 Å². The van der Waals surface area contributed by atoms with Crippen LogP contribution >= 0.6 is 0 Å². The van der Waals surface area contributed by atoms with Crippen LogP contribution in [0.3, 0.4) is 0 Å². The van der Waals surface area contributed by atoms with E-state index >= 15 is 0 Å². The predicted octanol–water partition coefficient (Wildman–Crippen LogP) is 0.368. The van der Waals surface area contributed by atoms with Crippen molar-refractivity contribution in [3.63, 3.8) is 0 Å². The first-order valence-corrected chi connectivity index (χ1v) is 4.56. The summed E-state index contributed by atoms with van der Waals surface area (Å²) >= 11 is 0. The minimum Gasteiger partial charge on any atom is -0.309 e. The van der Waals surface area contributed by atoms with Gasteiger partial charge < -0.3 is 5.32 Å². The van der Waals surface area contributed by atoms with Crippen molar-refractivity contribution in [3.05, 3.63) is 12.7 Å². The summed E-state index contributed by atoms with van der Waals surface area (Å²) in [7, 11) is 0. The summed E-state index contributed by atoms with van der Waals surface area (Å²) in [5, 5.41) is 7.09. The summed E-state index contributed by atoms with van der Waals surface area (Å²) in [6.07, 6.45) is 4.19. The highest BCUT2D eigenvalue weighted by atomic mass is 19.1. The Morgan fingerprint density at radius 2 is 2.46 bits per heavy atom. The standard InChI is InChI=1S/C8H13FN4/c9-7-1-2-8(7)11-3-4-13-6-10-5-12-13/h5-8,11H,1-4H2. The number of aromatic nitrogens is 3. The van der Waals surface area contributed by atoms with E-state index < -0.39 is 6.17 Å². The van der Waals surface area contributed by atoms with Crippen LogP contribution in [0, 0.1) is 0 Å². The van der Waals surface area contributed by atoms with Crippen LogP contribution in [0.25, 0.3) is 0 Å². The molecule has 1 N–H and O–H groups in total. The number of rotatable bonds is 4. The molecule has 2 unspecified atom stereocenters. The van der Waals surface area contributed by atoms with Gasteiger partial charge in [0, 0.05) is 12.6 Å². The molecule has 1 aromatic heterocycles. The zero-order chi connectivity index (χ0) is 9.10. The molecule has 0 saturated heterocycles. The van der Waals surface area contributed by atoms with E-state index in [1.54, 1.807) is 11.0 Å². The van der Waals surface area contributed by atoms with Gasteiger partial charge in [-0.25, -0.2) is 9.37 Å². The molecule has 1 aliphatic rings. The average molecular weight is 184 g/mol. The lowest BCUT2D eigenvalue weighted by atomic mass is 9.91. The predicted molar refractivity (Wildman–Crippen MR) is 45.9 cm³/mol. The number of hydrogen-bond donors (Lipinski definition) is 1. The first kappa shape index (κ1) is 8.62. The Morgan fingerprint density at radius 1 is 1.54 bits per heavy atom. The lowest BCUT2D eigenvalue weighted by molar-refractivity contribution is 0.141. The number of nitrogens with zero attached hydrogens (tertiary/aromatic N) is 3. The third kappa shape index (κ3) is 2.03. The zero-order valence-electron chi connectivity index (χ0n) is 7.36. The molecule has 1 aromatic rings. The fourth-order valence-corrected chi connectivity index (χ4v) is 1.40. The van der Waals surface area contributed by atoms with Crippen molar-refractivity contribution in [3.8, 4) is 0 Å². The Kier molecular flexibility index (Phi) is 2.54. The quantitative estimate of drug-likeness (QED) is 0.735. The number of alkyl halides is 1. The molecule has 1 saturated carbocycles. The Hall–Kier alpha value is -0.970. The molecule has 0 bridgehead atoms. The molecule has 1 fully saturated rings. The molecular formula is C8H13FN4. The van der Waals surface area contributed by atoms with Crippen molar-refractivity contribution in [2.24, 2.45) is 0 Å². The highest BCUT2D eigenvalue weighted by Crippen LogP contribution is 2.22. The largest absolute Gasteiger partial charge is 0.309 e. The highest BCUT2D eigenvalue weighted by molar-refractivity contribution is 4.86. The molecule has 1 heterocycles. The first-order chi connectivity index (χ1) is 6.36. The third-order valence-electron chi connectivity index (χ3n) is 2.40. The van der Waals surface area contributed by atoms with Crippen molar-refractivity contribution in [1.29, 1.82) is 0 Å². The fourth-order valence-electron chi connectivity index (χ4n) is 1.40. The number of halogens is 1. The van der Waals surface area contributed by atoms with E-state index in [9.17, 15) is 4.39 Å². The summed E-state index contributed by atoms with van der Waals surface area (Å²) in [4.78, 5) is 3.82. The van der Waals surface area contributed by atoms with Crippen molar-refractivity contribution in [1.82, 2.24) is 20.1 Å². The van der Waals surface area contributed by atoms with Gasteiger partial charge in [-0.15, -0.1) is 0 Å². The third-order valence-corrected chi connectivity index (χ3v) is 2.40. The van der Waals surface area contributed by atoms with Gasteiger partial charge >= 0.3 is 0 Å². The van der Waals surface area contributed by atoms with Crippen LogP contribution in [0.1, 0.15) is 12.8 Å². The summed E-state index contributed by atoms with van der Waals surface area (Å²) in [5.41, 5.74) is 0. The zero-order valence-corrected chi connectivity index (χ0v) is 7.36. The van der Waals surface area contributed by atoms with Crippen LogP contribution in [-0.2, 0) is 6.54 Å². The van der Waals surface area contributed by atoms with Gasteiger partial charge in [0.05, 0.1) is 6.54 Å². The molecule has 0 aromatic carbocycles. The Labute approximate surface area is 76.2 Å². The minimum absolute atomic E-state index is 0.0727. The lowest BCUT2D eigenvalue weighted by Gasteiger charge is -2.31. The summed E-state index contributed by atoms with van der Waals surface area (Å²) in [6, 6.07) is 0.0727. The molecule has 13 heavy (non-hydrogen) atoms. The van der Waals surface area contributed by atoms with Crippen LogP contribution in [-0.4, -0.2) is 33.5 Å². The Bertz CT molecular complexity index is 249. The molecule has 5 heteroatoms. The van der Waals surface area contributed by atoms with Gasteiger partial charge in [0.2, 0.25) is 0 Å². The van der Waals surface area contributed by atoms with E-state index in [1.807, 2.05) is 0 Å². The van der Waals surface area contributed by atoms with Crippen molar-refractivity contribution in [2.75, 3.05) is 6.54 Å². The van der Waals surface area contributed by atoms with E-state index in [4.69, 9.17) is 0 Å². The van der Waals surface area contributed by atoms with Gasteiger partial charge in [0.15, 0.2) is 0 Å². The van der Waals surface area contributed by atoms with Gasteiger partial charge in [-0.1, -0.05) is 0 Å². The summed E-state index contributed by atoms with van der Waals surface area (Å²) in [5.74, 6) is 0. The molecular weight excluding hydrogens is 171 g/mol. The topological polar surface area (TPSA) is 42.7 Å². The van der Waals surface area contributed by atoms with Crippen LogP contribution < -0.4 is 5.32 Å². The molecule has 0 spiro atoms. The Morgan fingerprint density at radius 3 is 3.00 bits per heavy atom. The molecule has 2 rings (SSSR count).